The number of anilines is 1. The summed E-state index contributed by atoms with van der Waals surface area (Å²) >= 11 is 5.34. The van der Waals surface area contributed by atoms with Crippen LogP contribution in [0.25, 0.3) is 0 Å². The summed E-state index contributed by atoms with van der Waals surface area (Å²) in [6, 6.07) is 0.841. The van der Waals surface area contributed by atoms with Crippen LogP contribution < -0.4 is 5.32 Å². The van der Waals surface area contributed by atoms with Gasteiger partial charge < -0.3 is 5.32 Å². The van der Waals surface area contributed by atoms with Crippen molar-refractivity contribution in [1.82, 2.24) is 4.98 Å². The smallest absolute Gasteiger partial charge is 0.312 e. The Bertz CT molecular complexity index is 477. The van der Waals surface area contributed by atoms with Crippen molar-refractivity contribution in [3.8, 4) is 0 Å². The number of halogens is 4. The van der Waals surface area contributed by atoms with Crippen molar-refractivity contribution in [2.75, 3.05) is 5.32 Å². The first kappa shape index (κ1) is 13.2. The Morgan fingerprint density at radius 1 is 1.53 bits per heavy atom. The van der Waals surface area contributed by atoms with Gasteiger partial charge in [-0.3, -0.25) is 14.9 Å². The van der Waals surface area contributed by atoms with Gasteiger partial charge in [0.2, 0.25) is 5.15 Å². The normalized spacial score (nSPS) is 11.1. The molecule has 0 radical (unpaired) electrons. The van der Waals surface area contributed by atoms with E-state index < -0.39 is 33.5 Å². The quantitative estimate of drug-likeness (QED) is 0.506. The summed E-state index contributed by atoms with van der Waals surface area (Å²) in [7, 11) is 0. The number of alkyl halides is 3. The Morgan fingerprint density at radius 3 is 2.59 bits per heavy atom. The molecule has 1 heterocycles. The standard InChI is InChI=1S/C7H3ClF3N3O3/c8-5-4(14(16)17)3(1-2-12-5)13-6(15)7(9,10)11/h1-2H,(H,12,13,15). The van der Waals surface area contributed by atoms with Crippen molar-refractivity contribution in [3.05, 3.63) is 27.5 Å². The number of amides is 1. The summed E-state index contributed by atoms with van der Waals surface area (Å²) in [6.07, 6.45) is -4.22. The molecule has 1 rings (SSSR count). The van der Waals surface area contributed by atoms with E-state index in [0.717, 1.165) is 12.3 Å². The first-order chi connectivity index (χ1) is 7.73. The summed E-state index contributed by atoms with van der Waals surface area (Å²) in [5.74, 6) is -2.33. The minimum Gasteiger partial charge on any atom is -0.312 e. The fourth-order valence-corrected chi connectivity index (χ4v) is 1.12. The molecule has 1 amide bonds. The van der Waals surface area contributed by atoms with Gasteiger partial charge in [0.05, 0.1) is 4.92 Å². The van der Waals surface area contributed by atoms with Crippen LogP contribution in [0.2, 0.25) is 5.15 Å². The number of hydrogen-bond donors (Lipinski definition) is 1. The molecule has 0 bridgehead atoms. The van der Waals surface area contributed by atoms with Crippen molar-refractivity contribution < 1.29 is 22.9 Å². The second-order valence-corrected chi connectivity index (χ2v) is 3.06. The van der Waals surface area contributed by atoms with Crippen LogP contribution in [0.1, 0.15) is 0 Å². The molecule has 1 N–H and O–H groups in total. The molecule has 92 valence electrons. The van der Waals surface area contributed by atoms with Gasteiger partial charge in [0, 0.05) is 6.20 Å². The highest BCUT2D eigenvalue weighted by molar-refractivity contribution is 6.32. The number of hydrogen-bond acceptors (Lipinski definition) is 4. The van der Waals surface area contributed by atoms with Gasteiger partial charge in [0.15, 0.2) is 0 Å². The van der Waals surface area contributed by atoms with Crippen molar-refractivity contribution in [1.29, 1.82) is 0 Å². The lowest BCUT2D eigenvalue weighted by Crippen LogP contribution is -2.30. The van der Waals surface area contributed by atoms with Crippen LogP contribution in [-0.2, 0) is 4.79 Å². The summed E-state index contributed by atoms with van der Waals surface area (Å²) in [5, 5.41) is 11.2. The molecule has 0 spiro atoms. The Morgan fingerprint density at radius 2 is 2.12 bits per heavy atom. The molecule has 0 saturated heterocycles. The SMILES string of the molecule is O=C(Nc1ccnc(Cl)c1[N+](=O)[O-])C(F)(F)F. The maximum Gasteiger partial charge on any atom is 0.471 e. The lowest BCUT2D eigenvalue weighted by molar-refractivity contribution is -0.384. The van der Waals surface area contributed by atoms with E-state index in [0.29, 0.717) is 0 Å². The van der Waals surface area contributed by atoms with E-state index in [-0.39, 0.29) is 0 Å². The highest BCUT2D eigenvalue weighted by Crippen LogP contribution is 2.31. The number of nitrogens with zero attached hydrogens (tertiary/aromatic N) is 2. The van der Waals surface area contributed by atoms with E-state index >= 15 is 0 Å². The molecule has 0 aliphatic rings. The van der Waals surface area contributed by atoms with Gasteiger partial charge in [0.25, 0.3) is 0 Å². The molecule has 10 heteroatoms. The van der Waals surface area contributed by atoms with Crippen LogP contribution in [0.3, 0.4) is 0 Å². The summed E-state index contributed by atoms with van der Waals surface area (Å²) in [5.41, 5.74) is -1.57. The molecule has 0 aromatic carbocycles. The maximum atomic E-state index is 11.9. The minimum absolute atomic E-state index is 0.616. The fraction of sp³-hybridized carbons (Fsp3) is 0.143. The number of rotatable bonds is 2. The van der Waals surface area contributed by atoms with E-state index in [9.17, 15) is 28.1 Å². The highest BCUT2D eigenvalue weighted by atomic mass is 35.5. The Balaban J connectivity index is 3.12. The molecule has 0 fully saturated rings. The number of pyridine rings is 1. The summed E-state index contributed by atoms with van der Waals surface area (Å²) < 4.78 is 35.8. The maximum absolute atomic E-state index is 11.9. The average molecular weight is 270 g/mol. The summed E-state index contributed by atoms with van der Waals surface area (Å²) in [6.45, 7) is 0. The molecule has 0 aliphatic carbocycles. The number of aromatic nitrogens is 1. The molecule has 0 unspecified atom stereocenters. The van der Waals surface area contributed by atoms with Gasteiger partial charge in [-0.15, -0.1) is 0 Å². The zero-order chi connectivity index (χ0) is 13.2. The predicted octanol–water partition coefficient (Wildman–Crippen LogP) is 2.14. The third kappa shape index (κ3) is 3.03. The monoisotopic (exact) mass is 269 g/mol. The molecule has 1 aromatic rings. The number of carbonyl (C=O) groups is 1. The highest BCUT2D eigenvalue weighted by Gasteiger charge is 2.40. The molecular weight excluding hydrogens is 267 g/mol. The Labute approximate surface area is 96.5 Å². The number of carbonyl (C=O) groups excluding carboxylic acids is 1. The molecule has 0 saturated carbocycles. The first-order valence-corrected chi connectivity index (χ1v) is 4.28. The van der Waals surface area contributed by atoms with Crippen molar-refractivity contribution in [2.24, 2.45) is 0 Å². The van der Waals surface area contributed by atoms with Crippen molar-refractivity contribution in [2.45, 2.75) is 6.18 Å². The second kappa shape index (κ2) is 4.53. The zero-order valence-corrected chi connectivity index (χ0v) is 8.54. The average Bonchev–Trinajstić information content (AvgIpc) is 2.15. The molecule has 17 heavy (non-hydrogen) atoms. The van der Waals surface area contributed by atoms with E-state index in [2.05, 4.69) is 4.98 Å². The van der Waals surface area contributed by atoms with Gasteiger partial charge in [0.1, 0.15) is 5.69 Å². The Hall–Kier alpha value is -1.90. The van der Waals surface area contributed by atoms with E-state index in [1.54, 1.807) is 0 Å². The topological polar surface area (TPSA) is 85.1 Å². The number of nitrogens with one attached hydrogen (secondary N) is 1. The Kier molecular flexibility index (Phi) is 3.51. The lowest BCUT2D eigenvalue weighted by atomic mass is 10.3. The fourth-order valence-electron chi connectivity index (χ4n) is 0.896. The van der Waals surface area contributed by atoms with Crippen LogP contribution in [0.5, 0.6) is 0 Å². The third-order valence-electron chi connectivity index (χ3n) is 1.57. The van der Waals surface area contributed by atoms with E-state index in [4.69, 9.17) is 11.6 Å². The molecule has 1 aromatic heterocycles. The third-order valence-corrected chi connectivity index (χ3v) is 1.84. The van der Waals surface area contributed by atoms with Gasteiger partial charge in [-0.2, -0.15) is 13.2 Å². The molecular formula is C7H3ClF3N3O3. The van der Waals surface area contributed by atoms with Crippen molar-refractivity contribution in [3.63, 3.8) is 0 Å². The van der Waals surface area contributed by atoms with Gasteiger partial charge in [-0.05, 0) is 6.07 Å². The van der Waals surface area contributed by atoms with Gasteiger partial charge in [-0.25, -0.2) is 4.98 Å². The van der Waals surface area contributed by atoms with Crippen molar-refractivity contribution >= 4 is 28.9 Å². The van der Waals surface area contributed by atoms with Crippen LogP contribution in [0.4, 0.5) is 24.5 Å². The summed E-state index contributed by atoms with van der Waals surface area (Å²) in [4.78, 5) is 23.4. The van der Waals surface area contributed by atoms with Crippen LogP contribution in [0.15, 0.2) is 12.3 Å². The predicted molar refractivity (Wildman–Crippen MR) is 50.6 cm³/mol. The van der Waals surface area contributed by atoms with E-state index in [1.807, 2.05) is 0 Å². The van der Waals surface area contributed by atoms with Gasteiger partial charge in [-0.1, -0.05) is 11.6 Å². The lowest BCUT2D eigenvalue weighted by Gasteiger charge is -2.08. The second-order valence-electron chi connectivity index (χ2n) is 2.71. The van der Waals surface area contributed by atoms with Crippen LogP contribution >= 0.6 is 11.6 Å². The number of nitro groups is 1. The van der Waals surface area contributed by atoms with Gasteiger partial charge >= 0.3 is 17.8 Å². The first-order valence-electron chi connectivity index (χ1n) is 3.90. The minimum atomic E-state index is -5.15. The van der Waals surface area contributed by atoms with Crippen LogP contribution in [-0.4, -0.2) is 22.0 Å². The molecule has 0 aliphatic heterocycles. The molecule has 0 atom stereocenters. The van der Waals surface area contributed by atoms with Crippen LogP contribution in [0, 0.1) is 10.1 Å². The zero-order valence-electron chi connectivity index (χ0n) is 7.79. The molecule has 6 nitrogen and oxygen atoms in total. The van der Waals surface area contributed by atoms with E-state index in [1.165, 1.54) is 5.32 Å². The largest absolute Gasteiger partial charge is 0.471 e.